The van der Waals surface area contributed by atoms with Crippen molar-refractivity contribution in [1.82, 2.24) is 0 Å². The fourth-order valence-electron chi connectivity index (χ4n) is 5.12. The molecule has 0 heterocycles. The third-order valence-electron chi connectivity index (χ3n) is 7.90. The van der Waals surface area contributed by atoms with E-state index in [1.807, 2.05) is 0 Å². The number of allylic oxidation sites excluding steroid dienone is 11. The zero-order valence-electron chi connectivity index (χ0n) is 29.9. The van der Waals surface area contributed by atoms with E-state index in [0.717, 1.165) is 109 Å². The number of ether oxygens (including phenoxy) is 1. The summed E-state index contributed by atoms with van der Waals surface area (Å²) < 4.78 is 5.90. The van der Waals surface area contributed by atoms with E-state index < -0.39 is 5.97 Å². The van der Waals surface area contributed by atoms with Gasteiger partial charge in [-0.25, -0.2) is 0 Å². The van der Waals surface area contributed by atoms with Gasteiger partial charge in [0, 0.05) is 12.8 Å². The first-order valence-electron chi connectivity index (χ1n) is 18.9. The molecule has 0 saturated carbocycles. The van der Waals surface area contributed by atoms with Crippen molar-refractivity contribution in [3.05, 3.63) is 72.9 Å². The minimum Gasteiger partial charge on any atom is -0.481 e. The Hall–Kier alpha value is -2.62. The summed E-state index contributed by atoms with van der Waals surface area (Å²) in [6.07, 6.45) is 52.1. The molecule has 46 heavy (non-hydrogen) atoms. The van der Waals surface area contributed by atoms with Crippen LogP contribution in [0.3, 0.4) is 0 Å². The molecule has 0 rings (SSSR count). The zero-order chi connectivity index (χ0) is 33.6. The van der Waals surface area contributed by atoms with Crippen LogP contribution in [0.5, 0.6) is 0 Å². The molecule has 0 saturated heterocycles. The maximum absolute atomic E-state index is 12.6. The normalized spacial score (nSPS) is 13.1. The van der Waals surface area contributed by atoms with E-state index in [1.165, 1.54) is 38.5 Å². The maximum Gasteiger partial charge on any atom is 0.306 e. The molecule has 0 fully saturated rings. The Morgan fingerprint density at radius 2 is 0.978 bits per heavy atom. The van der Waals surface area contributed by atoms with E-state index in [2.05, 4.69) is 86.8 Å². The van der Waals surface area contributed by atoms with Crippen LogP contribution < -0.4 is 0 Å². The average molecular weight is 639 g/mol. The Morgan fingerprint density at radius 3 is 1.57 bits per heavy atom. The van der Waals surface area contributed by atoms with Crippen LogP contribution in [0, 0.1) is 0 Å². The summed E-state index contributed by atoms with van der Waals surface area (Å²) >= 11 is 0. The highest BCUT2D eigenvalue weighted by Crippen LogP contribution is 2.15. The van der Waals surface area contributed by atoms with Gasteiger partial charge in [0.25, 0.3) is 0 Å². The van der Waals surface area contributed by atoms with Gasteiger partial charge in [-0.3, -0.25) is 9.59 Å². The van der Waals surface area contributed by atoms with Crippen molar-refractivity contribution in [3.63, 3.8) is 0 Å². The minimum atomic E-state index is -0.706. The monoisotopic (exact) mass is 639 g/mol. The fourth-order valence-corrected chi connectivity index (χ4v) is 5.12. The van der Waals surface area contributed by atoms with Crippen LogP contribution in [0.1, 0.15) is 174 Å². The predicted octanol–water partition coefficient (Wildman–Crippen LogP) is 13.1. The standard InChI is InChI=1S/C42H70O4/c1-3-5-7-9-11-13-14-15-16-17-18-19-20-21-22-23-25-31-35-39-42(45)46-40(36-32-28-24-12-10-8-6-4-2)37-33-29-26-27-30-34-38-41(43)44/h5,7,11,13,15-16,18-19,21-22,32,36,40H,3-4,6,8-10,12,14,17,20,23-31,33-35,37-39H2,1-2H3,(H,43,44)/b7-5-,13-11-,16-15-,19-18-,22-21-,36-32-. The SMILES string of the molecule is CC/C=C\C/C=C\C/C=C\C/C=C\C/C=C\CCCCCC(=O)OC(/C=C\CCCCCCCC)CCCCCCCCC(=O)O. The molecule has 0 aromatic carbocycles. The third kappa shape index (κ3) is 35.9. The number of unbranched alkanes of at least 4 members (excludes halogenated alkanes) is 14. The van der Waals surface area contributed by atoms with Crippen LogP contribution in [0.4, 0.5) is 0 Å². The van der Waals surface area contributed by atoms with E-state index in [-0.39, 0.29) is 18.5 Å². The topological polar surface area (TPSA) is 63.6 Å². The molecule has 1 atom stereocenters. The first-order valence-corrected chi connectivity index (χ1v) is 18.9. The number of rotatable bonds is 33. The Kier molecular flexibility index (Phi) is 34.7. The number of carbonyl (C=O) groups excluding carboxylic acids is 1. The molecular formula is C42H70O4. The van der Waals surface area contributed by atoms with Gasteiger partial charge in [0.15, 0.2) is 0 Å². The summed E-state index contributed by atoms with van der Waals surface area (Å²) in [5, 5.41) is 8.77. The fraction of sp³-hybridized carbons (Fsp3) is 0.667. The number of carbonyl (C=O) groups is 2. The molecule has 0 aliphatic rings. The quantitative estimate of drug-likeness (QED) is 0.0441. The van der Waals surface area contributed by atoms with Crippen LogP contribution in [-0.2, 0) is 14.3 Å². The van der Waals surface area contributed by atoms with Gasteiger partial charge in [-0.05, 0) is 89.5 Å². The summed E-state index contributed by atoms with van der Waals surface area (Å²) in [4.78, 5) is 23.2. The number of aliphatic carboxylic acids is 1. The van der Waals surface area contributed by atoms with Gasteiger partial charge in [-0.1, -0.05) is 145 Å². The van der Waals surface area contributed by atoms with Gasteiger partial charge in [0.05, 0.1) is 0 Å². The lowest BCUT2D eigenvalue weighted by Crippen LogP contribution is -2.16. The molecular weight excluding hydrogens is 568 g/mol. The maximum atomic E-state index is 12.6. The van der Waals surface area contributed by atoms with Gasteiger partial charge < -0.3 is 9.84 Å². The van der Waals surface area contributed by atoms with Crippen molar-refractivity contribution in [2.45, 2.75) is 180 Å². The van der Waals surface area contributed by atoms with Gasteiger partial charge >= 0.3 is 11.9 Å². The van der Waals surface area contributed by atoms with Crippen LogP contribution in [0.2, 0.25) is 0 Å². The molecule has 262 valence electrons. The number of carboxylic acid groups (broad SMARTS) is 1. The molecule has 0 aliphatic heterocycles. The molecule has 0 bridgehead atoms. The summed E-state index contributed by atoms with van der Waals surface area (Å²) in [5.74, 6) is -0.777. The second-order valence-electron chi connectivity index (χ2n) is 12.4. The molecule has 1 unspecified atom stereocenters. The van der Waals surface area contributed by atoms with Crippen LogP contribution in [-0.4, -0.2) is 23.1 Å². The van der Waals surface area contributed by atoms with Gasteiger partial charge in [0.2, 0.25) is 0 Å². The Morgan fingerprint density at radius 1 is 0.522 bits per heavy atom. The Bertz CT molecular complexity index is 861. The first kappa shape index (κ1) is 43.4. The lowest BCUT2D eigenvalue weighted by molar-refractivity contribution is -0.147. The molecule has 0 aliphatic carbocycles. The number of esters is 1. The van der Waals surface area contributed by atoms with Crippen molar-refractivity contribution in [2.24, 2.45) is 0 Å². The lowest BCUT2D eigenvalue weighted by atomic mass is 10.0. The highest BCUT2D eigenvalue weighted by Gasteiger charge is 2.11. The predicted molar refractivity (Wildman–Crippen MR) is 199 cm³/mol. The first-order chi connectivity index (χ1) is 22.6. The van der Waals surface area contributed by atoms with Crippen LogP contribution in [0.15, 0.2) is 72.9 Å². The molecule has 4 heteroatoms. The molecule has 0 aromatic heterocycles. The number of hydrogen-bond acceptors (Lipinski definition) is 3. The van der Waals surface area contributed by atoms with Crippen molar-refractivity contribution in [3.8, 4) is 0 Å². The summed E-state index contributed by atoms with van der Waals surface area (Å²) in [6, 6.07) is 0. The van der Waals surface area contributed by atoms with E-state index in [1.54, 1.807) is 0 Å². The molecule has 1 N–H and O–H groups in total. The largest absolute Gasteiger partial charge is 0.481 e. The Labute approximate surface area is 284 Å². The molecule has 0 aromatic rings. The molecule has 0 radical (unpaired) electrons. The zero-order valence-corrected chi connectivity index (χ0v) is 29.9. The van der Waals surface area contributed by atoms with Crippen molar-refractivity contribution < 1.29 is 19.4 Å². The smallest absolute Gasteiger partial charge is 0.306 e. The van der Waals surface area contributed by atoms with Gasteiger partial charge in [0.1, 0.15) is 6.10 Å². The summed E-state index contributed by atoms with van der Waals surface area (Å²) in [6.45, 7) is 4.40. The summed E-state index contributed by atoms with van der Waals surface area (Å²) in [5.41, 5.74) is 0. The molecule has 0 amide bonds. The highest BCUT2D eigenvalue weighted by atomic mass is 16.5. The van der Waals surface area contributed by atoms with E-state index in [0.29, 0.717) is 6.42 Å². The van der Waals surface area contributed by atoms with Crippen LogP contribution >= 0.6 is 0 Å². The third-order valence-corrected chi connectivity index (χ3v) is 7.90. The van der Waals surface area contributed by atoms with E-state index >= 15 is 0 Å². The number of hydrogen-bond donors (Lipinski definition) is 1. The second kappa shape index (κ2) is 36.8. The van der Waals surface area contributed by atoms with Crippen LogP contribution in [0.25, 0.3) is 0 Å². The molecule has 0 spiro atoms. The van der Waals surface area contributed by atoms with Gasteiger partial charge in [-0.2, -0.15) is 0 Å². The van der Waals surface area contributed by atoms with E-state index in [9.17, 15) is 9.59 Å². The van der Waals surface area contributed by atoms with Crippen molar-refractivity contribution in [2.75, 3.05) is 0 Å². The number of carboxylic acids is 1. The van der Waals surface area contributed by atoms with Crippen molar-refractivity contribution in [1.29, 1.82) is 0 Å². The second-order valence-corrected chi connectivity index (χ2v) is 12.4. The lowest BCUT2D eigenvalue weighted by Gasteiger charge is -2.15. The van der Waals surface area contributed by atoms with Gasteiger partial charge in [-0.15, -0.1) is 0 Å². The van der Waals surface area contributed by atoms with E-state index in [4.69, 9.17) is 9.84 Å². The average Bonchev–Trinajstić information content (AvgIpc) is 3.04. The highest BCUT2D eigenvalue weighted by molar-refractivity contribution is 5.69. The van der Waals surface area contributed by atoms with Crippen molar-refractivity contribution >= 4 is 11.9 Å². The molecule has 4 nitrogen and oxygen atoms in total. The minimum absolute atomic E-state index is 0.0715. The Balaban J connectivity index is 4.13. The summed E-state index contributed by atoms with van der Waals surface area (Å²) in [7, 11) is 0.